The Bertz CT molecular complexity index is 1280. The number of aromatic amines is 1. The first-order valence-corrected chi connectivity index (χ1v) is 13.8. The standard InChI is InChI=1S/C28H38N6O5/c1-39-10-9-33(23-24(29)34(27(38)31-25(23)36)17-18-5-3-2-4-6-18)22(35)7-8-30-26(37)32-28-14-19-11-20(15-28)13-21(12-19)16-28/h2-6,19-21H,7-17,29H2,1H3,(H2,30,32,37)(H,31,36,38). The zero-order chi connectivity index (χ0) is 27.6. The van der Waals surface area contributed by atoms with Gasteiger partial charge in [0.1, 0.15) is 5.82 Å². The van der Waals surface area contributed by atoms with Gasteiger partial charge in [-0.15, -0.1) is 0 Å². The number of hydrogen-bond acceptors (Lipinski definition) is 6. The molecule has 0 spiro atoms. The molecule has 1 aromatic heterocycles. The molecule has 4 fully saturated rings. The Labute approximate surface area is 227 Å². The van der Waals surface area contributed by atoms with Crippen molar-refractivity contribution >= 4 is 23.4 Å². The van der Waals surface area contributed by atoms with Gasteiger partial charge in [-0.2, -0.15) is 0 Å². The van der Waals surface area contributed by atoms with Gasteiger partial charge in [-0.3, -0.25) is 19.1 Å². The third-order valence-electron chi connectivity index (χ3n) is 8.53. The topological polar surface area (TPSA) is 152 Å². The van der Waals surface area contributed by atoms with Crippen molar-refractivity contribution in [3.05, 3.63) is 56.7 Å². The van der Waals surface area contributed by atoms with Gasteiger partial charge in [0.25, 0.3) is 5.56 Å². The number of ether oxygens (including phenoxy) is 1. The first-order chi connectivity index (χ1) is 18.8. The third-order valence-corrected chi connectivity index (χ3v) is 8.53. The molecular weight excluding hydrogens is 500 g/mol. The first-order valence-electron chi connectivity index (χ1n) is 13.8. The van der Waals surface area contributed by atoms with Crippen molar-refractivity contribution in [2.24, 2.45) is 17.8 Å². The summed E-state index contributed by atoms with van der Waals surface area (Å²) in [5, 5.41) is 6.07. The van der Waals surface area contributed by atoms with Crippen molar-refractivity contribution in [1.82, 2.24) is 20.2 Å². The molecule has 0 aliphatic heterocycles. The van der Waals surface area contributed by atoms with Crippen LogP contribution in [0.4, 0.5) is 16.3 Å². The van der Waals surface area contributed by atoms with Crippen LogP contribution in [0.5, 0.6) is 0 Å². The van der Waals surface area contributed by atoms with Crippen LogP contribution in [0.25, 0.3) is 0 Å². The van der Waals surface area contributed by atoms with Gasteiger partial charge in [0.15, 0.2) is 5.69 Å². The molecular formula is C28H38N6O5. The largest absolute Gasteiger partial charge is 0.383 e. The summed E-state index contributed by atoms with van der Waals surface area (Å²) in [6.07, 6.45) is 6.93. The van der Waals surface area contributed by atoms with Crippen LogP contribution in [0.3, 0.4) is 0 Å². The maximum atomic E-state index is 13.3. The minimum Gasteiger partial charge on any atom is -0.383 e. The van der Waals surface area contributed by atoms with Crippen LogP contribution >= 0.6 is 0 Å². The molecule has 4 saturated carbocycles. The van der Waals surface area contributed by atoms with Crippen molar-refractivity contribution in [2.75, 3.05) is 37.4 Å². The summed E-state index contributed by atoms with van der Waals surface area (Å²) in [6.45, 7) is 0.448. The fourth-order valence-electron chi connectivity index (χ4n) is 7.27. The summed E-state index contributed by atoms with van der Waals surface area (Å²) in [7, 11) is 1.49. The first kappa shape index (κ1) is 27.0. The summed E-state index contributed by atoms with van der Waals surface area (Å²) in [5.41, 5.74) is 5.49. The number of H-pyrrole nitrogens is 1. The lowest BCUT2D eigenvalue weighted by Crippen LogP contribution is -2.61. The Hall–Kier alpha value is -3.60. The number of carbonyl (C=O) groups excluding carboxylic acids is 2. The fourth-order valence-corrected chi connectivity index (χ4v) is 7.27. The number of nitrogens with one attached hydrogen (secondary N) is 3. The van der Waals surface area contributed by atoms with Gasteiger partial charge in [-0.1, -0.05) is 30.3 Å². The summed E-state index contributed by atoms with van der Waals surface area (Å²) in [4.78, 5) is 55.0. The number of anilines is 2. The van der Waals surface area contributed by atoms with Crippen LogP contribution < -0.4 is 32.5 Å². The molecule has 3 amide bonds. The van der Waals surface area contributed by atoms with Crippen LogP contribution in [-0.2, 0) is 16.1 Å². The number of nitrogens with zero attached hydrogens (tertiary/aromatic N) is 2. The lowest BCUT2D eigenvalue weighted by atomic mass is 9.53. The number of amides is 3. The normalized spacial score (nSPS) is 24.9. The number of nitrogen functional groups attached to an aromatic ring is 1. The summed E-state index contributed by atoms with van der Waals surface area (Å²) in [6, 6.07) is 8.95. The summed E-state index contributed by atoms with van der Waals surface area (Å²) in [5.74, 6) is 1.61. The van der Waals surface area contributed by atoms with E-state index in [-0.39, 0.29) is 55.7 Å². The number of carbonyl (C=O) groups is 2. The molecule has 2 aromatic rings. The summed E-state index contributed by atoms with van der Waals surface area (Å²) >= 11 is 0. The van der Waals surface area contributed by atoms with E-state index in [1.807, 2.05) is 30.3 Å². The molecule has 39 heavy (non-hydrogen) atoms. The van der Waals surface area contributed by atoms with Gasteiger partial charge >= 0.3 is 11.7 Å². The number of benzene rings is 1. The summed E-state index contributed by atoms with van der Waals surface area (Å²) < 4.78 is 6.39. The molecule has 0 saturated heterocycles. The Kier molecular flexibility index (Phi) is 7.79. The van der Waals surface area contributed by atoms with E-state index in [2.05, 4.69) is 15.6 Å². The second-order valence-corrected chi connectivity index (χ2v) is 11.4. The van der Waals surface area contributed by atoms with Crippen LogP contribution in [0.2, 0.25) is 0 Å². The van der Waals surface area contributed by atoms with Crippen LogP contribution in [0, 0.1) is 17.8 Å². The highest BCUT2D eigenvalue weighted by Crippen LogP contribution is 2.55. The predicted octanol–water partition coefficient (Wildman–Crippen LogP) is 1.80. The molecule has 1 aromatic carbocycles. The molecule has 5 N–H and O–H groups in total. The van der Waals surface area contributed by atoms with E-state index in [1.54, 1.807) is 0 Å². The Morgan fingerprint density at radius 2 is 1.74 bits per heavy atom. The van der Waals surface area contributed by atoms with Crippen molar-refractivity contribution < 1.29 is 14.3 Å². The third kappa shape index (κ3) is 5.88. The number of urea groups is 1. The molecule has 4 aliphatic carbocycles. The number of methoxy groups -OCH3 is 1. The number of aromatic nitrogens is 2. The van der Waals surface area contributed by atoms with E-state index in [1.165, 1.54) is 35.8 Å². The average Bonchev–Trinajstić information content (AvgIpc) is 2.87. The molecule has 0 unspecified atom stereocenters. The molecule has 11 nitrogen and oxygen atoms in total. The highest BCUT2D eigenvalue weighted by atomic mass is 16.5. The minimum absolute atomic E-state index is 0.0469. The smallest absolute Gasteiger partial charge is 0.330 e. The lowest BCUT2D eigenvalue weighted by Gasteiger charge is -2.56. The predicted molar refractivity (Wildman–Crippen MR) is 148 cm³/mol. The van der Waals surface area contributed by atoms with E-state index >= 15 is 0 Å². The second-order valence-electron chi connectivity index (χ2n) is 11.4. The molecule has 1 heterocycles. The quantitative estimate of drug-likeness (QED) is 0.362. The molecule has 11 heteroatoms. The van der Waals surface area contributed by atoms with E-state index in [0.29, 0.717) is 17.8 Å². The van der Waals surface area contributed by atoms with Crippen molar-refractivity contribution in [2.45, 2.75) is 57.0 Å². The molecule has 210 valence electrons. The van der Waals surface area contributed by atoms with E-state index in [0.717, 1.165) is 24.8 Å². The minimum atomic E-state index is -0.751. The van der Waals surface area contributed by atoms with Gasteiger partial charge in [-0.25, -0.2) is 9.59 Å². The highest BCUT2D eigenvalue weighted by molar-refractivity contribution is 5.95. The zero-order valence-electron chi connectivity index (χ0n) is 22.4. The number of hydrogen-bond donors (Lipinski definition) is 4. The van der Waals surface area contributed by atoms with E-state index in [9.17, 15) is 19.2 Å². The second kappa shape index (κ2) is 11.3. The molecule has 4 aliphatic rings. The number of rotatable bonds is 10. The van der Waals surface area contributed by atoms with Gasteiger partial charge in [0, 0.05) is 32.2 Å². The monoisotopic (exact) mass is 538 g/mol. The fraction of sp³-hybridized carbons (Fsp3) is 0.571. The van der Waals surface area contributed by atoms with Crippen LogP contribution in [0.15, 0.2) is 39.9 Å². The number of nitrogens with two attached hydrogens (primary N) is 1. The maximum absolute atomic E-state index is 13.3. The van der Waals surface area contributed by atoms with Crippen molar-refractivity contribution in [3.8, 4) is 0 Å². The molecule has 4 bridgehead atoms. The molecule has 0 atom stereocenters. The van der Waals surface area contributed by atoms with Gasteiger partial charge in [0.05, 0.1) is 13.2 Å². The van der Waals surface area contributed by atoms with Gasteiger partial charge in [-0.05, 0) is 61.8 Å². The Balaban J connectivity index is 1.25. The lowest BCUT2D eigenvalue weighted by molar-refractivity contribution is -0.118. The zero-order valence-corrected chi connectivity index (χ0v) is 22.4. The maximum Gasteiger partial charge on any atom is 0.330 e. The van der Waals surface area contributed by atoms with Crippen molar-refractivity contribution in [3.63, 3.8) is 0 Å². The average molecular weight is 539 g/mol. The van der Waals surface area contributed by atoms with Crippen LogP contribution in [0.1, 0.15) is 50.5 Å². The SMILES string of the molecule is COCCN(C(=O)CCNC(=O)NC12CC3CC(CC(C3)C1)C2)c1c(N)n(Cc2ccccc2)c(=O)[nH]c1=O. The van der Waals surface area contributed by atoms with E-state index in [4.69, 9.17) is 10.5 Å². The van der Waals surface area contributed by atoms with E-state index < -0.39 is 17.2 Å². The molecule has 6 rings (SSSR count). The van der Waals surface area contributed by atoms with Gasteiger partial charge < -0.3 is 26.0 Å². The van der Waals surface area contributed by atoms with Crippen LogP contribution in [-0.4, -0.2) is 53.8 Å². The Morgan fingerprint density at radius 3 is 2.36 bits per heavy atom. The van der Waals surface area contributed by atoms with Gasteiger partial charge in [0.2, 0.25) is 5.91 Å². The highest BCUT2D eigenvalue weighted by Gasteiger charge is 2.51. The van der Waals surface area contributed by atoms with Crippen molar-refractivity contribution in [1.29, 1.82) is 0 Å². The Morgan fingerprint density at radius 1 is 1.10 bits per heavy atom. The molecule has 0 radical (unpaired) electrons.